The van der Waals surface area contributed by atoms with E-state index in [1.165, 1.54) is 0 Å². The van der Waals surface area contributed by atoms with Crippen molar-refractivity contribution < 1.29 is 4.74 Å². The molecule has 1 aromatic heterocycles. The van der Waals surface area contributed by atoms with E-state index in [-0.39, 0.29) is 0 Å². The zero-order valence-electron chi connectivity index (χ0n) is 15.3. The summed E-state index contributed by atoms with van der Waals surface area (Å²) in [5.74, 6) is 1.15. The molecule has 2 heterocycles. The molecule has 0 saturated carbocycles. The third kappa shape index (κ3) is 4.19. The molecule has 2 aromatic carbocycles. The predicted octanol–water partition coefficient (Wildman–Crippen LogP) is 3.67. The third-order valence-corrected chi connectivity index (χ3v) is 4.42. The fraction of sp³-hybridized carbons (Fsp3) is 0.190. The monoisotopic (exact) mass is 372 g/mol. The molecule has 1 aliphatic heterocycles. The summed E-state index contributed by atoms with van der Waals surface area (Å²) in [6.45, 7) is 3.17. The van der Waals surface area contributed by atoms with Crippen LogP contribution in [0.25, 0.3) is 0 Å². The summed E-state index contributed by atoms with van der Waals surface area (Å²) in [7, 11) is 0. The van der Waals surface area contributed by atoms with Gasteiger partial charge in [-0.3, -0.25) is 0 Å². The lowest BCUT2D eigenvalue weighted by molar-refractivity contribution is 0.123. The molecule has 0 atom stereocenters. The number of morpholine rings is 1. The van der Waals surface area contributed by atoms with Crippen LogP contribution >= 0.6 is 0 Å². The highest BCUT2D eigenvalue weighted by Gasteiger charge is 2.15. The maximum Gasteiger partial charge on any atom is 0.229 e. The van der Waals surface area contributed by atoms with Gasteiger partial charge in [0.25, 0.3) is 0 Å². The minimum atomic E-state index is 0.502. The lowest BCUT2D eigenvalue weighted by Gasteiger charge is -2.30. The Hall–Kier alpha value is -3.63. The van der Waals surface area contributed by atoms with Crippen LogP contribution < -0.4 is 15.5 Å². The number of benzene rings is 2. The Morgan fingerprint density at radius 3 is 2.71 bits per heavy atom. The van der Waals surface area contributed by atoms with Gasteiger partial charge in [-0.1, -0.05) is 18.2 Å². The molecule has 0 amide bonds. The van der Waals surface area contributed by atoms with Crippen LogP contribution in [0.15, 0.2) is 60.8 Å². The van der Waals surface area contributed by atoms with Crippen molar-refractivity contribution in [3.8, 4) is 6.07 Å². The molecule has 4 rings (SSSR count). The van der Waals surface area contributed by atoms with Crippen LogP contribution in [0.5, 0.6) is 0 Å². The second-order valence-electron chi connectivity index (χ2n) is 6.32. The highest BCUT2D eigenvalue weighted by atomic mass is 16.5. The molecule has 1 aliphatic rings. The van der Waals surface area contributed by atoms with Gasteiger partial charge in [-0.25, -0.2) is 4.98 Å². The Morgan fingerprint density at radius 2 is 1.86 bits per heavy atom. The lowest BCUT2D eigenvalue weighted by Crippen LogP contribution is -2.36. The predicted molar refractivity (Wildman–Crippen MR) is 109 cm³/mol. The number of ether oxygens (including phenoxy) is 1. The van der Waals surface area contributed by atoms with Crippen LogP contribution in [0.4, 0.5) is 28.8 Å². The number of nitrogens with zero attached hydrogens (tertiary/aromatic N) is 4. The number of para-hydroxylation sites is 2. The zero-order chi connectivity index (χ0) is 19.2. The number of rotatable bonds is 5. The Labute approximate surface area is 163 Å². The molecule has 1 fully saturated rings. The van der Waals surface area contributed by atoms with E-state index in [1.807, 2.05) is 30.3 Å². The van der Waals surface area contributed by atoms with Crippen LogP contribution in [-0.2, 0) is 4.74 Å². The molecular weight excluding hydrogens is 352 g/mol. The highest BCUT2D eigenvalue weighted by molar-refractivity contribution is 5.74. The van der Waals surface area contributed by atoms with Crippen LogP contribution in [0.1, 0.15) is 5.56 Å². The average Bonchev–Trinajstić information content (AvgIpc) is 2.75. The van der Waals surface area contributed by atoms with Crippen LogP contribution in [0.2, 0.25) is 0 Å². The molecular formula is C21H20N6O. The summed E-state index contributed by atoms with van der Waals surface area (Å²) < 4.78 is 5.45. The van der Waals surface area contributed by atoms with Gasteiger partial charge in [0.05, 0.1) is 36.2 Å². The topological polar surface area (TPSA) is 86.1 Å². The smallest absolute Gasteiger partial charge is 0.229 e. The van der Waals surface area contributed by atoms with Crippen LogP contribution in [-0.4, -0.2) is 36.3 Å². The minimum Gasteiger partial charge on any atom is -0.378 e. The largest absolute Gasteiger partial charge is 0.378 e. The van der Waals surface area contributed by atoms with E-state index in [0.717, 1.165) is 43.4 Å². The quantitative estimate of drug-likeness (QED) is 0.706. The molecule has 0 unspecified atom stereocenters. The number of nitriles is 1. The summed E-state index contributed by atoms with van der Waals surface area (Å²) in [4.78, 5) is 11.2. The molecule has 3 aromatic rings. The Bertz CT molecular complexity index is 994. The van der Waals surface area contributed by atoms with Crippen molar-refractivity contribution in [2.24, 2.45) is 0 Å². The summed E-state index contributed by atoms with van der Waals surface area (Å²) in [6, 6.07) is 19.3. The molecule has 1 saturated heterocycles. The summed E-state index contributed by atoms with van der Waals surface area (Å²) in [5, 5.41) is 15.6. The second-order valence-corrected chi connectivity index (χ2v) is 6.32. The molecule has 7 nitrogen and oxygen atoms in total. The van der Waals surface area contributed by atoms with Gasteiger partial charge >= 0.3 is 0 Å². The fourth-order valence-electron chi connectivity index (χ4n) is 3.08. The van der Waals surface area contributed by atoms with Gasteiger partial charge in [-0.2, -0.15) is 10.2 Å². The van der Waals surface area contributed by atoms with Gasteiger partial charge in [0, 0.05) is 25.0 Å². The average molecular weight is 372 g/mol. The van der Waals surface area contributed by atoms with E-state index in [0.29, 0.717) is 17.3 Å². The number of anilines is 5. The number of nitrogens with one attached hydrogen (secondary N) is 2. The highest BCUT2D eigenvalue weighted by Crippen LogP contribution is 2.28. The van der Waals surface area contributed by atoms with Crippen LogP contribution in [0, 0.1) is 11.3 Å². The van der Waals surface area contributed by atoms with Gasteiger partial charge in [-0.05, 0) is 36.4 Å². The normalized spacial score (nSPS) is 13.6. The van der Waals surface area contributed by atoms with Gasteiger partial charge in [0.15, 0.2) is 0 Å². The maximum absolute atomic E-state index is 9.04. The molecule has 0 bridgehead atoms. The summed E-state index contributed by atoms with van der Waals surface area (Å²) in [6.07, 6.45) is 1.70. The first-order chi connectivity index (χ1) is 13.8. The Balaban J connectivity index is 1.53. The van der Waals surface area contributed by atoms with Crippen molar-refractivity contribution in [1.29, 1.82) is 5.26 Å². The van der Waals surface area contributed by atoms with Crippen molar-refractivity contribution in [3.63, 3.8) is 0 Å². The van der Waals surface area contributed by atoms with Gasteiger partial charge in [0.2, 0.25) is 5.95 Å². The number of hydrogen-bond donors (Lipinski definition) is 2. The first-order valence-corrected chi connectivity index (χ1v) is 9.11. The van der Waals surface area contributed by atoms with Crippen molar-refractivity contribution in [1.82, 2.24) is 9.97 Å². The van der Waals surface area contributed by atoms with E-state index in [1.54, 1.807) is 24.4 Å². The molecule has 7 heteroatoms. The van der Waals surface area contributed by atoms with Crippen LogP contribution in [0.3, 0.4) is 0 Å². The zero-order valence-corrected chi connectivity index (χ0v) is 15.3. The standard InChI is InChI=1S/C21H20N6O/c22-15-16-4-3-5-17(14-16)24-20-8-9-23-21(26-20)25-18-6-1-2-7-19(18)27-10-12-28-13-11-27/h1-9,14H,10-13H2,(H2,23,24,25,26). The van der Waals surface area contributed by atoms with E-state index in [2.05, 4.69) is 37.6 Å². The van der Waals surface area contributed by atoms with E-state index < -0.39 is 0 Å². The molecule has 140 valence electrons. The van der Waals surface area contributed by atoms with Crippen molar-refractivity contribution >= 4 is 28.8 Å². The van der Waals surface area contributed by atoms with Gasteiger partial charge < -0.3 is 20.3 Å². The Kier molecular flexibility index (Phi) is 5.31. The second kappa shape index (κ2) is 8.37. The first kappa shape index (κ1) is 17.8. The van der Waals surface area contributed by atoms with E-state index >= 15 is 0 Å². The lowest BCUT2D eigenvalue weighted by atomic mass is 10.2. The number of aromatic nitrogens is 2. The minimum absolute atomic E-state index is 0.502. The Morgan fingerprint density at radius 1 is 1.00 bits per heavy atom. The first-order valence-electron chi connectivity index (χ1n) is 9.11. The van der Waals surface area contributed by atoms with Gasteiger partial charge in [-0.15, -0.1) is 0 Å². The maximum atomic E-state index is 9.04. The summed E-state index contributed by atoms with van der Waals surface area (Å²) in [5.41, 5.74) is 3.46. The van der Waals surface area contributed by atoms with Crippen molar-refractivity contribution in [2.75, 3.05) is 41.8 Å². The number of hydrogen-bond acceptors (Lipinski definition) is 7. The molecule has 2 N–H and O–H groups in total. The summed E-state index contributed by atoms with van der Waals surface area (Å²) >= 11 is 0. The van der Waals surface area contributed by atoms with E-state index in [9.17, 15) is 0 Å². The SMILES string of the molecule is N#Cc1cccc(Nc2ccnc(Nc3ccccc3N3CCOCC3)n2)c1. The molecule has 28 heavy (non-hydrogen) atoms. The van der Waals surface area contributed by atoms with Crippen molar-refractivity contribution in [2.45, 2.75) is 0 Å². The van der Waals surface area contributed by atoms with Gasteiger partial charge in [0.1, 0.15) is 5.82 Å². The molecule has 0 radical (unpaired) electrons. The molecule has 0 aliphatic carbocycles. The fourth-order valence-corrected chi connectivity index (χ4v) is 3.08. The molecule has 0 spiro atoms. The third-order valence-electron chi connectivity index (χ3n) is 4.42. The van der Waals surface area contributed by atoms with Crippen molar-refractivity contribution in [3.05, 3.63) is 66.4 Å². The van der Waals surface area contributed by atoms with E-state index in [4.69, 9.17) is 10.00 Å².